The maximum atomic E-state index is 13.3. The minimum Gasteiger partial charge on any atom is -0.321 e. The van der Waals surface area contributed by atoms with Gasteiger partial charge >= 0.3 is 0 Å². The van der Waals surface area contributed by atoms with E-state index in [0.29, 0.717) is 20.6 Å². The van der Waals surface area contributed by atoms with Crippen LogP contribution in [0.2, 0.25) is 0 Å². The summed E-state index contributed by atoms with van der Waals surface area (Å²) >= 11 is 2.65. The van der Waals surface area contributed by atoms with Crippen LogP contribution in [0.3, 0.4) is 0 Å². The molecule has 0 aliphatic carbocycles. The number of thiazole rings is 1. The Labute approximate surface area is 192 Å². The number of hydrogen-bond donors (Lipinski definition) is 1. The van der Waals surface area contributed by atoms with E-state index in [0.717, 1.165) is 27.3 Å². The van der Waals surface area contributed by atoms with Gasteiger partial charge in [-0.3, -0.25) is 14.2 Å². The minimum absolute atomic E-state index is 0.111. The van der Waals surface area contributed by atoms with Gasteiger partial charge in [0.25, 0.3) is 11.5 Å². The number of anilines is 1. The number of carbonyl (C=O) groups excluding carboxylic acids is 1. The minimum atomic E-state index is -0.552. The van der Waals surface area contributed by atoms with Crippen LogP contribution in [0.1, 0.15) is 16.0 Å². The van der Waals surface area contributed by atoms with Gasteiger partial charge in [-0.25, -0.2) is 0 Å². The third-order valence-electron chi connectivity index (χ3n) is 4.97. The topological polar surface area (TPSA) is 74.9 Å². The lowest BCUT2D eigenvalue weighted by molar-refractivity contribution is -0.111. The lowest BCUT2D eigenvalue weighted by Crippen LogP contribution is -2.32. The van der Waals surface area contributed by atoms with Crippen LogP contribution in [0.15, 0.2) is 70.8 Å². The predicted octanol–water partition coefficient (Wildman–Crippen LogP) is 3.72. The highest BCUT2D eigenvalue weighted by molar-refractivity contribution is 7.11. The third-order valence-corrected chi connectivity index (χ3v) is 6.88. The molecular formula is C25H19N3O2S2. The number of benzene rings is 2. The molecule has 2 heterocycles. The van der Waals surface area contributed by atoms with Gasteiger partial charge in [-0.15, -0.1) is 22.7 Å². The van der Waals surface area contributed by atoms with Gasteiger partial charge in [0, 0.05) is 10.6 Å². The maximum Gasteiger partial charge on any atom is 0.273 e. The second-order valence-corrected chi connectivity index (χ2v) is 9.16. The molecule has 4 aromatic rings. The van der Waals surface area contributed by atoms with Crippen molar-refractivity contribution < 1.29 is 4.79 Å². The van der Waals surface area contributed by atoms with E-state index in [2.05, 4.69) is 5.32 Å². The molecule has 0 fully saturated rings. The lowest BCUT2D eigenvalue weighted by Gasteiger charge is -2.07. The van der Waals surface area contributed by atoms with Crippen molar-refractivity contribution in [1.29, 1.82) is 5.26 Å². The van der Waals surface area contributed by atoms with Crippen molar-refractivity contribution >= 4 is 45.9 Å². The Morgan fingerprint density at radius 3 is 2.50 bits per heavy atom. The summed E-state index contributed by atoms with van der Waals surface area (Å²) in [6.07, 6.45) is 1.79. The van der Waals surface area contributed by atoms with E-state index >= 15 is 0 Å². The summed E-state index contributed by atoms with van der Waals surface area (Å²) in [5, 5.41) is 14.6. The molecule has 32 heavy (non-hydrogen) atoms. The number of rotatable bonds is 4. The van der Waals surface area contributed by atoms with E-state index in [9.17, 15) is 14.9 Å². The van der Waals surface area contributed by atoms with Crippen LogP contribution in [-0.2, 0) is 4.79 Å². The van der Waals surface area contributed by atoms with Gasteiger partial charge in [-0.1, -0.05) is 30.3 Å². The maximum absolute atomic E-state index is 13.3. The van der Waals surface area contributed by atoms with Crippen molar-refractivity contribution in [3.8, 4) is 11.8 Å². The smallest absolute Gasteiger partial charge is 0.273 e. The molecule has 0 saturated heterocycles. The Kier molecular flexibility index (Phi) is 6.17. The standard InChI is InChI=1S/C25H19N3O2S2/c1-16-10-11-18(13-17(16)2)27-23(29)21(15-26)25-28(19-7-4-3-5-8-19)24(30)22(32-25)14-20-9-6-12-31-20/h3-14H,1-2H3,(H,27,29). The fourth-order valence-corrected chi connectivity index (χ4v) is 5.00. The molecule has 0 unspecified atom stereocenters. The summed E-state index contributed by atoms with van der Waals surface area (Å²) in [6, 6.07) is 20.4. The first-order chi connectivity index (χ1) is 15.5. The highest BCUT2D eigenvalue weighted by Gasteiger charge is 2.17. The van der Waals surface area contributed by atoms with E-state index in [4.69, 9.17) is 0 Å². The molecule has 0 bridgehead atoms. The first kappa shape index (κ1) is 21.5. The summed E-state index contributed by atoms with van der Waals surface area (Å²) in [5.41, 5.74) is 2.96. The van der Waals surface area contributed by atoms with E-state index in [1.165, 1.54) is 15.9 Å². The number of para-hydroxylation sites is 1. The lowest BCUT2D eigenvalue weighted by atomic mass is 10.1. The molecular weight excluding hydrogens is 438 g/mol. The first-order valence-corrected chi connectivity index (χ1v) is 11.5. The third kappa shape index (κ3) is 4.33. The first-order valence-electron chi connectivity index (χ1n) is 9.83. The molecule has 2 aromatic heterocycles. The van der Waals surface area contributed by atoms with Gasteiger partial charge in [0.1, 0.15) is 10.7 Å². The van der Waals surface area contributed by atoms with Gasteiger partial charge in [0.15, 0.2) is 5.57 Å². The predicted molar refractivity (Wildman–Crippen MR) is 131 cm³/mol. The highest BCUT2D eigenvalue weighted by Crippen LogP contribution is 2.15. The van der Waals surface area contributed by atoms with Crippen LogP contribution >= 0.6 is 22.7 Å². The Bertz CT molecular complexity index is 1510. The van der Waals surface area contributed by atoms with Gasteiger partial charge in [-0.05, 0) is 66.8 Å². The number of nitriles is 1. The number of thiophene rings is 1. The molecule has 4 rings (SSSR count). The summed E-state index contributed by atoms with van der Waals surface area (Å²) in [4.78, 5) is 27.3. The average Bonchev–Trinajstić information content (AvgIpc) is 3.40. The van der Waals surface area contributed by atoms with Crippen LogP contribution < -0.4 is 20.1 Å². The van der Waals surface area contributed by atoms with Gasteiger partial charge in [-0.2, -0.15) is 5.26 Å². The second kappa shape index (κ2) is 9.18. The van der Waals surface area contributed by atoms with Crippen LogP contribution in [-0.4, -0.2) is 10.5 Å². The fourth-order valence-electron chi connectivity index (χ4n) is 3.17. The molecule has 1 N–H and O–H groups in total. The van der Waals surface area contributed by atoms with E-state index in [-0.39, 0.29) is 11.1 Å². The molecule has 1 amide bonds. The fraction of sp³-hybridized carbons (Fsp3) is 0.0800. The van der Waals surface area contributed by atoms with Crippen molar-refractivity contribution in [1.82, 2.24) is 4.57 Å². The molecule has 0 spiro atoms. The number of aryl methyl sites for hydroxylation is 2. The molecule has 0 atom stereocenters. The number of hydrogen-bond acceptors (Lipinski definition) is 5. The van der Waals surface area contributed by atoms with E-state index in [1.807, 2.05) is 67.8 Å². The normalized spacial score (nSPS) is 12.3. The molecule has 0 radical (unpaired) electrons. The summed E-state index contributed by atoms with van der Waals surface area (Å²) in [5.74, 6) is -0.552. The van der Waals surface area contributed by atoms with Crippen LogP contribution in [0, 0.1) is 25.2 Å². The Hall–Kier alpha value is -3.73. The molecule has 158 valence electrons. The zero-order valence-electron chi connectivity index (χ0n) is 17.5. The zero-order valence-corrected chi connectivity index (χ0v) is 19.1. The molecule has 2 aromatic carbocycles. The Morgan fingerprint density at radius 1 is 1.06 bits per heavy atom. The van der Waals surface area contributed by atoms with Crippen LogP contribution in [0.5, 0.6) is 0 Å². The van der Waals surface area contributed by atoms with Gasteiger partial charge in [0.05, 0.1) is 10.2 Å². The summed E-state index contributed by atoms with van der Waals surface area (Å²) in [7, 11) is 0. The van der Waals surface area contributed by atoms with Gasteiger partial charge in [0.2, 0.25) is 0 Å². The highest BCUT2D eigenvalue weighted by atomic mass is 32.1. The number of nitrogens with one attached hydrogen (secondary N) is 1. The Morgan fingerprint density at radius 2 is 1.84 bits per heavy atom. The number of carbonyl (C=O) groups is 1. The SMILES string of the molecule is Cc1ccc(NC(=O)C(C#N)=c2sc(=Cc3cccs3)c(=O)n2-c2ccccc2)cc1C. The van der Waals surface area contributed by atoms with Crippen LogP contribution in [0.4, 0.5) is 5.69 Å². The number of nitrogens with zero attached hydrogens (tertiary/aromatic N) is 2. The quantitative estimate of drug-likeness (QED) is 0.508. The van der Waals surface area contributed by atoms with Crippen molar-refractivity contribution in [3.63, 3.8) is 0 Å². The zero-order chi connectivity index (χ0) is 22.7. The van der Waals surface area contributed by atoms with Crippen LogP contribution in [0.25, 0.3) is 17.3 Å². The average molecular weight is 458 g/mol. The van der Waals surface area contributed by atoms with Gasteiger partial charge < -0.3 is 5.32 Å². The van der Waals surface area contributed by atoms with Crippen molar-refractivity contribution in [2.45, 2.75) is 13.8 Å². The monoisotopic (exact) mass is 457 g/mol. The molecule has 5 nitrogen and oxygen atoms in total. The summed E-state index contributed by atoms with van der Waals surface area (Å²) < 4.78 is 2.19. The molecule has 0 saturated carbocycles. The summed E-state index contributed by atoms with van der Waals surface area (Å²) in [6.45, 7) is 3.95. The molecule has 7 heteroatoms. The van der Waals surface area contributed by atoms with Crippen molar-refractivity contribution in [2.24, 2.45) is 0 Å². The molecule has 0 aliphatic rings. The largest absolute Gasteiger partial charge is 0.321 e. The van der Waals surface area contributed by atoms with Crippen molar-refractivity contribution in [2.75, 3.05) is 5.32 Å². The number of amides is 1. The van der Waals surface area contributed by atoms with Crippen molar-refractivity contribution in [3.05, 3.63) is 102 Å². The van der Waals surface area contributed by atoms with E-state index in [1.54, 1.807) is 24.3 Å². The second-order valence-electron chi connectivity index (χ2n) is 7.15. The molecule has 0 aliphatic heterocycles. The number of aromatic nitrogens is 1. The van der Waals surface area contributed by atoms with E-state index < -0.39 is 5.91 Å². The Balaban J connectivity index is 1.92.